The topological polar surface area (TPSA) is 114 Å². The normalized spacial score (nSPS) is 17.6. The number of carbonyl (C=O) groups excluding carboxylic acids is 1. The number of aryl methyl sites for hydroxylation is 2. The molecule has 2 N–H and O–H groups in total. The standard InChI is InChI=1S/C23H39N5O3S.C2HF3O2/c1-20-5-6-22(21(2)19-20)32(30,31)28(11-4-10-26-17-15-25(3)16-18-26)12-7-23(29)27-13-8-24-9-14-27;3-2(4,5)1(6)7/h5-6,19,24H,4,7-18H2,1-3H3;(H,6,7). The Morgan fingerprint density at radius 3 is 2.15 bits per heavy atom. The summed E-state index contributed by atoms with van der Waals surface area (Å²) in [5, 5.41) is 10.4. The zero-order valence-corrected chi connectivity index (χ0v) is 23.7. The van der Waals surface area contributed by atoms with Crippen molar-refractivity contribution in [2.24, 2.45) is 0 Å². The van der Waals surface area contributed by atoms with E-state index < -0.39 is 22.2 Å². The van der Waals surface area contributed by atoms with Crippen LogP contribution in [0, 0.1) is 13.8 Å². The number of amides is 1. The number of nitrogens with zero attached hydrogens (tertiary/aromatic N) is 4. The quantitative estimate of drug-likeness (QED) is 0.452. The van der Waals surface area contributed by atoms with Gasteiger partial charge in [-0.05, 0) is 45.5 Å². The molecule has 0 aliphatic carbocycles. The Kier molecular flexibility index (Phi) is 12.6. The molecule has 39 heavy (non-hydrogen) atoms. The highest BCUT2D eigenvalue weighted by Crippen LogP contribution is 2.22. The molecule has 2 fully saturated rings. The largest absolute Gasteiger partial charge is 0.490 e. The molecule has 1 aromatic rings. The Balaban J connectivity index is 0.000000673. The lowest BCUT2D eigenvalue weighted by molar-refractivity contribution is -0.192. The van der Waals surface area contributed by atoms with Crippen molar-refractivity contribution in [3.8, 4) is 0 Å². The highest BCUT2D eigenvalue weighted by molar-refractivity contribution is 7.89. The number of likely N-dealkylation sites (N-methyl/N-ethyl adjacent to an activating group) is 1. The summed E-state index contributed by atoms with van der Waals surface area (Å²) in [6.45, 7) is 12.4. The lowest BCUT2D eigenvalue weighted by Crippen LogP contribution is -2.47. The van der Waals surface area contributed by atoms with Crippen molar-refractivity contribution in [1.82, 2.24) is 24.3 Å². The first-order valence-electron chi connectivity index (χ1n) is 13.0. The van der Waals surface area contributed by atoms with E-state index >= 15 is 0 Å². The number of halogens is 3. The summed E-state index contributed by atoms with van der Waals surface area (Å²) >= 11 is 0. The number of hydrogen-bond donors (Lipinski definition) is 2. The average Bonchev–Trinajstić information content (AvgIpc) is 2.87. The van der Waals surface area contributed by atoms with Gasteiger partial charge in [-0.3, -0.25) is 4.79 Å². The molecule has 1 aromatic carbocycles. The fourth-order valence-electron chi connectivity index (χ4n) is 4.41. The lowest BCUT2D eigenvalue weighted by atomic mass is 10.2. The molecule has 2 aliphatic heterocycles. The second-order valence-corrected chi connectivity index (χ2v) is 11.8. The van der Waals surface area contributed by atoms with E-state index in [4.69, 9.17) is 9.90 Å². The fourth-order valence-corrected chi connectivity index (χ4v) is 6.10. The first kappa shape index (κ1) is 32.9. The molecule has 0 unspecified atom stereocenters. The summed E-state index contributed by atoms with van der Waals surface area (Å²) in [5.41, 5.74) is 1.79. The van der Waals surface area contributed by atoms with Crippen molar-refractivity contribution in [2.45, 2.75) is 37.8 Å². The third kappa shape index (κ3) is 10.7. The fraction of sp³-hybridized carbons (Fsp3) is 0.680. The highest BCUT2D eigenvalue weighted by atomic mass is 32.2. The van der Waals surface area contributed by atoms with Gasteiger partial charge in [0.2, 0.25) is 15.9 Å². The minimum Gasteiger partial charge on any atom is -0.475 e. The van der Waals surface area contributed by atoms with E-state index in [0.29, 0.717) is 24.5 Å². The minimum absolute atomic E-state index is 0.0337. The third-order valence-electron chi connectivity index (χ3n) is 6.71. The molecule has 0 atom stereocenters. The predicted octanol–water partition coefficient (Wildman–Crippen LogP) is 1.39. The van der Waals surface area contributed by atoms with Crippen molar-refractivity contribution in [3.05, 3.63) is 29.3 Å². The van der Waals surface area contributed by atoms with Gasteiger partial charge in [0.05, 0.1) is 4.90 Å². The summed E-state index contributed by atoms with van der Waals surface area (Å²) in [6, 6.07) is 5.45. The van der Waals surface area contributed by atoms with Crippen molar-refractivity contribution in [3.63, 3.8) is 0 Å². The summed E-state index contributed by atoms with van der Waals surface area (Å²) in [4.78, 5) is 28.5. The van der Waals surface area contributed by atoms with E-state index in [-0.39, 0.29) is 18.9 Å². The van der Waals surface area contributed by atoms with Gasteiger partial charge >= 0.3 is 12.1 Å². The van der Waals surface area contributed by atoms with E-state index in [1.807, 2.05) is 30.9 Å². The van der Waals surface area contributed by atoms with Gasteiger partial charge in [-0.15, -0.1) is 0 Å². The number of hydrogen-bond acceptors (Lipinski definition) is 7. The maximum Gasteiger partial charge on any atom is 0.490 e. The zero-order valence-electron chi connectivity index (χ0n) is 22.8. The molecule has 0 aromatic heterocycles. The first-order valence-corrected chi connectivity index (χ1v) is 14.4. The smallest absolute Gasteiger partial charge is 0.475 e. The predicted molar refractivity (Wildman–Crippen MR) is 141 cm³/mol. The van der Waals surface area contributed by atoms with E-state index in [0.717, 1.165) is 63.4 Å². The van der Waals surface area contributed by atoms with E-state index in [1.54, 1.807) is 6.07 Å². The number of carbonyl (C=O) groups is 2. The molecule has 2 saturated heterocycles. The third-order valence-corrected chi connectivity index (χ3v) is 8.77. The van der Waals surface area contributed by atoms with Crippen LogP contribution in [-0.4, -0.2) is 130 Å². The number of nitrogens with one attached hydrogen (secondary N) is 1. The maximum atomic E-state index is 13.5. The van der Waals surface area contributed by atoms with Crippen LogP contribution in [0.2, 0.25) is 0 Å². The van der Waals surface area contributed by atoms with Crippen LogP contribution in [0.15, 0.2) is 23.1 Å². The van der Waals surface area contributed by atoms with Crippen LogP contribution in [0.3, 0.4) is 0 Å². The molecule has 3 rings (SSSR count). The lowest BCUT2D eigenvalue weighted by Gasteiger charge is -2.33. The van der Waals surface area contributed by atoms with Crippen molar-refractivity contribution < 1.29 is 36.3 Å². The molecule has 0 spiro atoms. The highest BCUT2D eigenvalue weighted by Gasteiger charge is 2.38. The molecule has 2 heterocycles. The van der Waals surface area contributed by atoms with Gasteiger partial charge in [-0.1, -0.05) is 17.7 Å². The monoisotopic (exact) mass is 579 g/mol. The van der Waals surface area contributed by atoms with Gasteiger partial charge in [0.25, 0.3) is 0 Å². The van der Waals surface area contributed by atoms with Crippen LogP contribution < -0.4 is 5.32 Å². The molecule has 1 amide bonds. The number of piperazine rings is 2. The van der Waals surface area contributed by atoms with Crippen LogP contribution in [0.25, 0.3) is 0 Å². The number of rotatable bonds is 9. The van der Waals surface area contributed by atoms with Gasteiger partial charge in [-0.2, -0.15) is 17.5 Å². The Bertz CT molecular complexity index is 1060. The summed E-state index contributed by atoms with van der Waals surface area (Å²) in [6.07, 6.45) is -4.10. The molecule has 2 aliphatic rings. The molecule has 0 radical (unpaired) electrons. The number of aliphatic carboxylic acids is 1. The molecule has 10 nitrogen and oxygen atoms in total. The van der Waals surface area contributed by atoms with Crippen molar-refractivity contribution in [2.75, 3.05) is 79.0 Å². The number of carboxylic acids is 1. The average molecular weight is 580 g/mol. The molecule has 0 saturated carbocycles. The zero-order chi connectivity index (χ0) is 29.2. The molecular formula is C25H40F3N5O5S. The maximum absolute atomic E-state index is 13.5. The summed E-state index contributed by atoms with van der Waals surface area (Å²) in [5.74, 6) is -2.72. The Hall–Kier alpha value is -2.26. The Labute approximate surface area is 228 Å². The van der Waals surface area contributed by atoms with Crippen LogP contribution in [0.1, 0.15) is 24.0 Å². The minimum atomic E-state index is -5.08. The van der Waals surface area contributed by atoms with Crippen LogP contribution in [-0.2, 0) is 19.6 Å². The first-order chi connectivity index (χ1) is 18.2. The second kappa shape index (κ2) is 14.9. The van der Waals surface area contributed by atoms with Crippen molar-refractivity contribution >= 4 is 21.9 Å². The SMILES string of the molecule is Cc1ccc(S(=O)(=O)N(CCCN2CCN(C)CC2)CCC(=O)N2CCNCC2)c(C)c1.O=C(O)C(F)(F)F. The van der Waals surface area contributed by atoms with Gasteiger partial charge in [0.15, 0.2) is 0 Å². The molecule has 14 heteroatoms. The number of carboxylic acid groups (broad SMARTS) is 1. The Morgan fingerprint density at radius 1 is 1.03 bits per heavy atom. The number of benzene rings is 1. The van der Waals surface area contributed by atoms with Gasteiger partial charge in [0, 0.05) is 71.9 Å². The van der Waals surface area contributed by atoms with Gasteiger partial charge in [0.1, 0.15) is 0 Å². The second-order valence-electron chi connectivity index (χ2n) is 9.86. The van der Waals surface area contributed by atoms with E-state index in [2.05, 4.69) is 22.2 Å². The van der Waals surface area contributed by atoms with Gasteiger partial charge < -0.3 is 25.1 Å². The van der Waals surface area contributed by atoms with Crippen molar-refractivity contribution in [1.29, 1.82) is 0 Å². The van der Waals surface area contributed by atoms with Crippen LogP contribution in [0.4, 0.5) is 13.2 Å². The molecule has 0 bridgehead atoms. The van der Waals surface area contributed by atoms with Gasteiger partial charge in [-0.25, -0.2) is 13.2 Å². The van der Waals surface area contributed by atoms with E-state index in [1.165, 1.54) is 4.31 Å². The summed E-state index contributed by atoms with van der Waals surface area (Å²) in [7, 11) is -1.53. The Morgan fingerprint density at radius 2 is 1.62 bits per heavy atom. The van der Waals surface area contributed by atoms with Crippen LogP contribution in [0.5, 0.6) is 0 Å². The number of alkyl halides is 3. The van der Waals surface area contributed by atoms with E-state index in [9.17, 15) is 26.4 Å². The van der Waals surface area contributed by atoms with Crippen LogP contribution >= 0.6 is 0 Å². The molecule has 222 valence electrons. The number of sulfonamides is 1. The molecular weight excluding hydrogens is 539 g/mol. The summed E-state index contributed by atoms with van der Waals surface area (Å²) < 4.78 is 60.4.